The van der Waals surface area contributed by atoms with Gasteiger partial charge in [-0.1, -0.05) is 43.1 Å². The molecule has 0 radical (unpaired) electrons. The molecule has 0 spiro atoms. The quantitative estimate of drug-likeness (QED) is 0.805. The second-order valence-corrected chi connectivity index (χ2v) is 6.13. The van der Waals surface area contributed by atoms with E-state index in [1.165, 1.54) is 0 Å². The molecule has 5 heteroatoms. The number of ether oxygens (including phenoxy) is 1. The van der Waals surface area contributed by atoms with Crippen LogP contribution in [0.15, 0.2) is 42.5 Å². The van der Waals surface area contributed by atoms with E-state index in [1.807, 2.05) is 6.07 Å². The lowest BCUT2D eigenvalue weighted by Gasteiger charge is -2.10. The predicted octanol–water partition coefficient (Wildman–Crippen LogP) is 5.28. The van der Waals surface area contributed by atoms with Gasteiger partial charge in [0.25, 0.3) is 5.91 Å². The molecule has 0 aromatic heterocycles. The van der Waals surface area contributed by atoms with E-state index in [9.17, 15) is 4.79 Å². The molecule has 2 rings (SSSR count). The molecule has 0 aliphatic heterocycles. The Balaban J connectivity index is 2.08. The summed E-state index contributed by atoms with van der Waals surface area (Å²) in [6.45, 7) is 4.75. The molecule has 3 nitrogen and oxygen atoms in total. The van der Waals surface area contributed by atoms with Gasteiger partial charge in [0.15, 0.2) is 0 Å². The Morgan fingerprint density at radius 3 is 2.59 bits per heavy atom. The number of nitrogens with one attached hydrogen (secondary N) is 1. The summed E-state index contributed by atoms with van der Waals surface area (Å²) in [7, 11) is 0. The van der Waals surface area contributed by atoms with Crippen molar-refractivity contribution in [1.82, 2.24) is 0 Å². The highest BCUT2D eigenvalue weighted by Crippen LogP contribution is 2.25. The summed E-state index contributed by atoms with van der Waals surface area (Å²) < 4.78 is 5.62. The third kappa shape index (κ3) is 4.65. The van der Waals surface area contributed by atoms with Gasteiger partial charge in [-0.25, -0.2) is 0 Å². The van der Waals surface area contributed by atoms with Crippen LogP contribution in [0.1, 0.15) is 24.2 Å². The number of hydrogen-bond donors (Lipinski definition) is 1. The molecule has 0 bridgehead atoms. The molecule has 2 aromatic rings. The highest BCUT2D eigenvalue weighted by molar-refractivity contribution is 6.42. The number of halogens is 2. The minimum Gasteiger partial charge on any atom is -0.493 e. The van der Waals surface area contributed by atoms with Gasteiger partial charge in [-0.05, 0) is 42.3 Å². The van der Waals surface area contributed by atoms with Crippen molar-refractivity contribution < 1.29 is 9.53 Å². The molecule has 2 aromatic carbocycles. The van der Waals surface area contributed by atoms with Crippen molar-refractivity contribution in [3.05, 3.63) is 58.1 Å². The second kappa shape index (κ2) is 7.52. The van der Waals surface area contributed by atoms with E-state index in [0.29, 0.717) is 39.6 Å². The lowest BCUT2D eigenvalue weighted by molar-refractivity contribution is 0.102. The van der Waals surface area contributed by atoms with Gasteiger partial charge in [0.2, 0.25) is 0 Å². The molecule has 1 amide bonds. The summed E-state index contributed by atoms with van der Waals surface area (Å²) in [4.78, 5) is 12.3. The highest BCUT2D eigenvalue weighted by atomic mass is 35.5. The number of amides is 1. The average molecular weight is 338 g/mol. The zero-order valence-electron chi connectivity index (χ0n) is 12.4. The van der Waals surface area contributed by atoms with Crippen molar-refractivity contribution in [2.24, 2.45) is 5.92 Å². The molecule has 22 heavy (non-hydrogen) atoms. The van der Waals surface area contributed by atoms with Crippen LogP contribution in [0.2, 0.25) is 10.0 Å². The molecule has 0 aliphatic carbocycles. The van der Waals surface area contributed by atoms with Crippen LogP contribution in [-0.2, 0) is 0 Å². The topological polar surface area (TPSA) is 38.3 Å². The van der Waals surface area contributed by atoms with Crippen LogP contribution in [-0.4, -0.2) is 12.5 Å². The van der Waals surface area contributed by atoms with Gasteiger partial charge in [0.05, 0.1) is 16.7 Å². The van der Waals surface area contributed by atoms with Gasteiger partial charge < -0.3 is 10.1 Å². The van der Waals surface area contributed by atoms with E-state index in [1.54, 1.807) is 36.4 Å². The Bertz CT molecular complexity index is 671. The fourth-order valence-corrected chi connectivity index (χ4v) is 2.07. The van der Waals surface area contributed by atoms with E-state index in [-0.39, 0.29) is 5.91 Å². The summed E-state index contributed by atoms with van der Waals surface area (Å²) in [6, 6.07) is 12.0. The molecular formula is C17H17Cl2NO2. The summed E-state index contributed by atoms with van der Waals surface area (Å²) in [5.74, 6) is 0.873. The predicted molar refractivity (Wildman–Crippen MR) is 91.2 cm³/mol. The molecule has 0 saturated carbocycles. The molecule has 0 saturated heterocycles. The highest BCUT2D eigenvalue weighted by Gasteiger charge is 2.09. The molecule has 0 atom stereocenters. The van der Waals surface area contributed by atoms with Gasteiger partial charge >= 0.3 is 0 Å². The van der Waals surface area contributed by atoms with Gasteiger partial charge in [-0.3, -0.25) is 4.79 Å². The number of carbonyl (C=O) groups is 1. The lowest BCUT2D eigenvalue weighted by Crippen LogP contribution is -2.12. The van der Waals surface area contributed by atoms with Gasteiger partial charge in [0, 0.05) is 11.3 Å². The van der Waals surface area contributed by atoms with Gasteiger partial charge in [0.1, 0.15) is 5.75 Å². The van der Waals surface area contributed by atoms with E-state index in [4.69, 9.17) is 27.9 Å². The zero-order valence-corrected chi connectivity index (χ0v) is 13.9. The first-order valence-electron chi connectivity index (χ1n) is 6.95. The van der Waals surface area contributed by atoms with E-state index in [2.05, 4.69) is 19.2 Å². The number of hydrogen-bond acceptors (Lipinski definition) is 2. The van der Waals surface area contributed by atoms with Crippen molar-refractivity contribution in [2.75, 3.05) is 11.9 Å². The van der Waals surface area contributed by atoms with Crippen molar-refractivity contribution in [1.29, 1.82) is 0 Å². The molecule has 0 fully saturated rings. The largest absolute Gasteiger partial charge is 0.493 e. The fourth-order valence-electron chi connectivity index (χ4n) is 1.77. The van der Waals surface area contributed by atoms with Gasteiger partial charge in [-0.2, -0.15) is 0 Å². The maximum absolute atomic E-state index is 12.3. The summed E-state index contributed by atoms with van der Waals surface area (Å²) in [5.41, 5.74) is 1.11. The van der Waals surface area contributed by atoms with Crippen LogP contribution in [0, 0.1) is 5.92 Å². The smallest absolute Gasteiger partial charge is 0.255 e. The number of benzene rings is 2. The number of carbonyl (C=O) groups excluding carboxylic acids is 1. The molecule has 0 unspecified atom stereocenters. The van der Waals surface area contributed by atoms with Crippen LogP contribution in [0.5, 0.6) is 5.75 Å². The second-order valence-electron chi connectivity index (χ2n) is 5.32. The minimum atomic E-state index is -0.228. The zero-order chi connectivity index (χ0) is 16.1. The maximum atomic E-state index is 12.3. The average Bonchev–Trinajstić information content (AvgIpc) is 2.49. The third-order valence-corrected chi connectivity index (χ3v) is 3.60. The van der Waals surface area contributed by atoms with Crippen LogP contribution >= 0.6 is 23.2 Å². The summed E-state index contributed by atoms with van der Waals surface area (Å²) >= 11 is 11.8. The third-order valence-electron chi connectivity index (χ3n) is 2.86. The Hall–Kier alpha value is -1.71. The van der Waals surface area contributed by atoms with E-state index < -0.39 is 0 Å². The van der Waals surface area contributed by atoms with E-state index >= 15 is 0 Å². The van der Waals surface area contributed by atoms with Crippen LogP contribution in [0.3, 0.4) is 0 Å². The first-order valence-corrected chi connectivity index (χ1v) is 7.70. The Morgan fingerprint density at radius 2 is 1.91 bits per heavy atom. The first kappa shape index (κ1) is 16.7. The number of anilines is 1. The SMILES string of the molecule is CC(C)COc1cccc(C(=O)Nc2ccc(Cl)c(Cl)c2)c1. The maximum Gasteiger partial charge on any atom is 0.255 e. The monoisotopic (exact) mass is 337 g/mol. The van der Waals surface area contributed by atoms with Crippen molar-refractivity contribution >= 4 is 34.8 Å². The molecule has 0 heterocycles. The van der Waals surface area contributed by atoms with Crippen molar-refractivity contribution in [3.8, 4) is 5.75 Å². The first-order chi connectivity index (χ1) is 10.5. The molecular weight excluding hydrogens is 321 g/mol. The van der Waals surface area contributed by atoms with Crippen LogP contribution < -0.4 is 10.1 Å². The standard InChI is InChI=1S/C17H17Cl2NO2/c1-11(2)10-22-14-5-3-4-12(8-14)17(21)20-13-6-7-15(18)16(19)9-13/h3-9,11H,10H2,1-2H3,(H,20,21). The van der Waals surface area contributed by atoms with Crippen molar-refractivity contribution in [2.45, 2.75) is 13.8 Å². The minimum absolute atomic E-state index is 0.228. The van der Waals surface area contributed by atoms with E-state index in [0.717, 1.165) is 0 Å². The summed E-state index contributed by atoms with van der Waals surface area (Å²) in [6.07, 6.45) is 0. The molecule has 1 N–H and O–H groups in total. The van der Waals surface area contributed by atoms with Crippen molar-refractivity contribution in [3.63, 3.8) is 0 Å². The summed E-state index contributed by atoms with van der Waals surface area (Å²) in [5, 5.41) is 3.63. The number of rotatable bonds is 5. The Morgan fingerprint density at radius 1 is 1.14 bits per heavy atom. The molecule has 116 valence electrons. The Kier molecular flexibility index (Phi) is 5.69. The molecule has 0 aliphatic rings. The van der Waals surface area contributed by atoms with Crippen LogP contribution in [0.25, 0.3) is 0 Å². The Labute approximate surface area is 140 Å². The fraction of sp³-hybridized carbons (Fsp3) is 0.235. The van der Waals surface area contributed by atoms with Crippen LogP contribution in [0.4, 0.5) is 5.69 Å². The lowest BCUT2D eigenvalue weighted by atomic mass is 10.2. The van der Waals surface area contributed by atoms with Gasteiger partial charge in [-0.15, -0.1) is 0 Å². The normalized spacial score (nSPS) is 10.6.